The van der Waals surface area contributed by atoms with Crippen molar-refractivity contribution in [2.24, 2.45) is 0 Å². The van der Waals surface area contributed by atoms with Crippen LogP contribution in [0.5, 0.6) is 5.75 Å². The fourth-order valence-electron chi connectivity index (χ4n) is 1.57. The van der Waals surface area contributed by atoms with Crippen molar-refractivity contribution in [2.45, 2.75) is 18.7 Å². The molecule has 0 aromatic heterocycles. The predicted octanol–water partition coefficient (Wildman–Crippen LogP) is 1.66. The number of fused-ring (bicyclic) bond motifs is 1. The van der Waals surface area contributed by atoms with Crippen LogP contribution in [-0.2, 0) is 10.4 Å². The molecule has 0 saturated heterocycles. The minimum Gasteiger partial charge on any atom is -0.423 e. The summed E-state index contributed by atoms with van der Waals surface area (Å²) in [4.78, 5) is 11.1. The van der Waals surface area contributed by atoms with E-state index in [-0.39, 0.29) is 5.75 Å². The molecule has 1 aliphatic rings. The molecule has 0 fully saturated rings. The van der Waals surface area contributed by atoms with Gasteiger partial charge < -0.3 is 9.84 Å². The van der Waals surface area contributed by atoms with Gasteiger partial charge in [-0.15, -0.1) is 0 Å². The summed E-state index contributed by atoms with van der Waals surface area (Å²) >= 11 is 0. The Morgan fingerprint density at radius 1 is 1.38 bits per heavy atom. The molecule has 0 unspecified atom stereocenters. The van der Waals surface area contributed by atoms with E-state index in [0.717, 1.165) is 6.07 Å². The topological polar surface area (TPSA) is 46.5 Å². The maximum atomic E-state index is 12.6. The average Bonchev–Trinajstić information content (AvgIpc) is 2.38. The van der Waals surface area contributed by atoms with Crippen molar-refractivity contribution in [1.82, 2.24) is 0 Å². The van der Waals surface area contributed by atoms with Crippen LogP contribution >= 0.6 is 0 Å². The van der Waals surface area contributed by atoms with Gasteiger partial charge in [-0.05, 0) is 18.6 Å². The minimum absolute atomic E-state index is 0.246. The average molecular weight is 232 g/mol. The Bertz CT molecular complexity index is 467. The highest BCUT2D eigenvalue weighted by molar-refractivity contribution is 5.89. The number of carbonyl (C=O) groups excluding carboxylic acids is 1. The third-order valence-electron chi connectivity index (χ3n) is 2.44. The van der Waals surface area contributed by atoms with Crippen molar-refractivity contribution in [2.75, 3.05) is 0 Å². The van der Waals surface area contributed by atoms with Gasteiger partial charge in [-0.25, -0.2) is 4.79 Å². The van der Waals surface area contributed by atoms with Crippen molar-refractivity contribution in [3.8, 4) is 5.75 Å². The maximum absolute atomic E-state index is 12.6. The smallest absolute Gasteiger partial charge is 0.423 e. The van der Waals surface area contributed by atoms with E-state index in [1.165, 1.54) is 12.1 Å². The van der Waals surface area contributed by atoms with Crippen molar-refractivity contribution >= 4 is 5.97 Å². The largest absolute Gasteiger partial charge is 0.432 e. The number of rotatable bonds is 0. The lowest BCUT2D eigenvalue weighted by atomic mass is 9.94. The third kappa shape index (κ3) is 1.23. The highest BCUT2D eigenvalue weighted by Gasteiger charge is 2.66. The Morgan fingerprint density at radius 3 is 2.56 bits per heavy atom. The summed E-state index contributed by atoms with van der Waals surface area (Å²) in [5, 5.41) is 9.44. The summed E-state index contributed by atoms with van der Waals surface area (Å²) in [6.45, 7) is 1.64. The summed E-state index contributed by atoms with van der Waals surface area (Å²) in [5.41, 5.74) is -3.47. The van der Waals surface area contributed by atoms with Gasteiger partial charge >= 0.3 is 12.1 Å². The second kappa shape index (κ2) is 2.98. The maximum Gasteiger partial charge on any atom is 0.432 e. The first-order chi connectivity index (χ1) is 7.26. The van der Waals surface area contributed by atoms with Crippen LogP contribution in [0.4, 0.5) is 13.2 Å². The first-order valence-electron chi connectivity index (χ1n) is 4.39. The molecule has 3 nitrogen and oxygen atoms in total. The lowest BCUT2D eigenvalue weighted by Gasteiger charge is -2.22. The number of esters is 1. The van der Waals surface area contributed by atoms with E-state index < -0.39 is 23.3 Å². The monoisotopic (exact) mass is 232 g/mol. The van der Waals surface area contributed by atoms with E-state index in [1.807, 2.05) is 0 Å². The molecule has 1 aliphatic heterocycles. The van der Waals surface area contributed by atoms with Crippen molar-refractivity contribution in [3.05, 3.63) is 29.3 Å². The molecule has 1 aromatic rings. The molecular weight excluding hydrogens is 225 g/mol. The molecule has 0 amide bonds. The number of halogens is 3. The Kier molecular flexibility index (Phi) is 2.03. The van der Waals surface area contributed by atoms with Crippen molar-refractivity contribution < 1.29 is 27.8 Å². The van der Waals surface area contributed by atoms with Crippen LogP contribution < -0.4 is 4.74 Å². The third-order valence-corrected chi connectivity index (χ3v) is 2.44. The second-order valence-corrected chi connectivity index (χ2v) is 3.60. The molecule has 86 valence electrons. The molecular formula is C10H7F3O3. The predicted molar refractivity (Wildman–Crippen MR) is 46.8 cm³/mol. The molecule has 16 heavy (non-hydrogen) atoms. The Hall–Kier alpha value is -1.56. The lowest BCUT2D eigenvalue weighted by molar-refractivity contribution is -0.258. The van der Waals surface area contributed by atoms with Crippen LogP contribution in [0, 0.1) is 6.92 Å². The van der Waals surface area contributed by atoms with E-state index >= 15 is 0 Å². The Balaban J connectivity index is 2.65. The first-order valence-corrected chi connectivity index (χ1v) is 4.39. The van der Waals surface area contributed by atoms with Crippen LogP contribution in [0.15, 0.2) is 18.2 Å². The molecule has 0 bridgehead atoms. The highest BCUT2D eigenvalue weighted by Crippen LogP contribution is 2.48. The van der Waals surface area contributed by atoms with Crippen LogP contribution in [-0.4, -0.2) is 17.3 Å². The van der Waals surface area contributed by atoms with Gasteiger partial charge in [0, 0.05) is 5.56 Å². The van der Waals surface area contributed by atoms with Gasteiger partial charge in [0.1, 0.15) is 5.75 Å². The molecule has 1 heterocycles. The van der Waals surface area contributed by atoms with Crippen molar-refractivity contribution in [3.63, 3.8) is 0 Å². The van der Waals surface area contributed by atoms with Gasteiger partial charge in [0.25, 0.3) is 5.60 Å². The van der Waals surface area contributed by atoms with Gasteiger partial charge in [-0.3, -0.25) is 0 Å². The molecule has 0 aliphatic carbocycles. The fourth-order valence-corrected chi connectivity index (χ4v) is 1.57. The van der Waals surface area contributed by atoms with Crippen LogP contribution in [0.2, 0.25) is 0 Å². The normalized spacial score (nSPS) is 24.2. The molecule has 1 atom stereocenters. The van der Waals surface area contributed by atoms with Crippen molar-refractivity contribution in [1.29, 1.82) is 0 Å². The van der Waals surface area contributed by atoms with Gasteiger partial charge in [-0.2, -0.15) is 13.2 Å². The van der Waals surface area contributed by atoms with Crippen LogP contribution in [0.1, 0.15) is 11.1 Å². The minimum atomic E-state index is -5.09. The molecule has 1 N–H and O–H groups in total. The zero-order valence-electron chi connectivity index (χ0n) is 8.13. The van der Waals surface area contributed by atoms with E-state index in [1.54, 1.807) is 6.92 Å². The number of hydrogen-bond donors (Lipinski definition) is 1. The Morgan fingerprint density at radius 2 is 2.00 bits per heavy atom. The van der Waals surface area contributed by atoms with Gasteiger partial charge in [0.2, 0.25) is 0 Å². The number of hydrogen-bond acceptors (Lipinski definition) is 3. The summed E-state index contributed by atoms with van der Waals surface area (Å²) in [6, 6.07) is 3.69. The number of benzene rings is 1. The highest BCUT2D eigenvalue weighted by atomic mass is 19.4. The van der Waals surface area contributed by atoms with E-state index in [0.29, 0.717) is 5.56 Å². The molecule has 0 saturated carbocycles. The molecule has 6 heteroatoms. The van der Waals surface area contributed by atoms with E-state index in [4.69, 9.17) is 0 Å². The number of carbonyl (C=O) groups is 1. The standard InChI is InChI=1S/C10H7F3O3/c1-5-2-3-6-7(4-5)16-8(14)9(6,15)10(11,12)13/h2-4,15H,1H3/t9-/m0/s1. The first kappa shape index (κ1) is 10.9. The fraction of sp³-hybridized carbons (Fsp3) is 0.300. The molecule has 1 aromatic carbocycles. The molecule has 0 spiro atoms. The summed E-state index contributed by atoms with van der Waals surface area (Å²) in [5.74, 6) is -1.95. The quantitative estimate of drug-likeness (QED) is 0.546. The number of aliphatic hydroxyl groups is 1. The van der Waals surface area contributed by atoms with Crippen LogP contribution in [0.25, 0.3) is 0 Å². The van der Waals surface area contributed by atoms with E-state index in [9.17, 15) is 23.1 Å². The SMILES string of the molecule is Cc1ccc2c(c1)OC(=O)[C@]2(O)C(F)(F)F. The zero-order valence-corrected chi connectivity index (χ0v) is 8.13. The number of aryl methyl sites for hydroxylation is 1. The second-order valence-electron chi connectivity index (χ2n) is 3.60. The summed E-state index contributed by atoms with van der Waals surface area (Å²) in [7, 11) is 0. The summed E-state index contributed by atoms with van der Waals surface area (Å²) < 4.78 is 42.3. The zero-order chi connectivity index (χ0) is 12.1. The van der Waals surface area contributed by atoms with Crippen LogP contribution in [0.3, 0.4) is 0 Å². The van der Waals surface area contributed by atoms with Gasteiger partial charge in [0.15, 0.2) is 0 Å². The van der Waals surface area contributed by atoms with Gasteiger partial charge in [0.05, 0.1) is 0 Å². The lowest BCUT2D eigenvalue weighted by Crippen LogP contribution is -2.47. The molecule has 2 rings (SSSR count). The van der Waals surface area contributed by atoms with Gasteiger partial charge in [-0.1, -0.05) is 12.1 Å². The molecule has 0 radical (unpaired) electrons. The number of alkyl halides is 3. The summed E-state index contributed by atoms with van der Waals surface area (Å²) in [6.07, 6.45) is -5.09. The van der Waals surface area contributed by atoms with E-state index in [2.05, 4.69) is 4.74 Å². The number of ether oxygens (including phenoxy) is 1. The Labute approximate surface area is 88.5 Å².